The smallest absolute Gasteiger partial charge is 0.232 e. The summed E-state index contributed by atoms with van der Waals surface area (Å²) in [6, 6.07) is 22.6. The van der Waals surface area contributed by atoms with Gasteiger partial charge in [-0.3, -0.25) is 4.79 Å². The first-order chi connectivity index (χ1) is 15.2. The molecule has 2 heterocycles. The van der Waals surface area contributed by atoms with Crippen LogP contribution in [0.5, 0.6) is 11.5 Å². The molecule has 154 valence electrons. The molecular weight excluding hydrogens is 397 g/mol. The van der Waals surface area contributed by atoms with E-state index in [-0.39, 0.29) is 17.6 Å². The van der Waals surface area contributed by atoms with Crippen molar-refractivity contribution >= 4 is 11.6 Å². The maximum absolute atomic E-state index is 13.0. The Morgan fingerprint density at radius 1 is 0.935 bits per heavy atom. The van der Waals surface area contributed by atoms with Gasteiger partial charge in [0.1, 0.15) is 17.3 Å². The van der Waals surface area contributed by atoms with Crippen molar-refractivity contribution in [1.29, 1.82) is 0 Å². The van der Waals surface area contributed by atoms with Crippen molar-refractivity contribution in [3.8, 4) is 22.9 Å². The Balaban J connectivity index is 1.28. The van der Waals surface area contributed by atoms with Gasteiger partial charge in [-0.05, 0) is 60.7 Å². The number of halogens is 1. The predicted octanol–water partition coefficient (Wildman–Crippen LogP) is 5.19. The number of amides is 1. The van der Waals surface area contributed by atoms with Crippen LogP contribution in [0.25, 0.3) is 11.4 Å². The van der Waals surface area contributed by atoms with Gasteiger partial charge in [-0.1, -0.05) is 23.4 Å². The molecule has 31 heavy (non-hydrogen) atoms. The molecule has 0 bridgehead atoms. The molecule has 1 atom stereocenters. The minimum atomic E-state index is -0.313. The number of anilines is 1. The number of hydrogen-bond donors (Lipinski definition) is 0. The molecule has 7 heteroatoms. The van der Waals surface area contributed by atoms with Crippen LogP contribution in [0.1, 0.15) is 18.2 Å². The van der Waals surface area contributed by atoms with Crippen LogP contribution in [0.2, 0.25) is 0 Å². The van der Waals surface area contributed by atoms with Crippen molar-refractivity contribution in [2.45, 2.75) is 12.3 Å². The van der Waals surface area contributed by atoms with E-state index in [1.807, 2.05) is 42.5 Å². The van der Waals surface area contributed by atoms with E-state index in [2.05, 4.69) is 10.1 Å². The minimum Gasteiger partial charge on any atom is -0.457 e. The fraction of sp³-hybridized carbons (Fsp3) is 0.125. The summed E-state index contributed by atoms with van der Waals surface area (Å²) in [5.41, 5.74) is 1.64. The number of carbonyl (C=O) groups excluding carboxylic acids is 1. The molecule has 1 fully saturated rings. The first-order valence-corrected chi connectivity index (χ1v) is 9.88. The van der Waals surface area contributed by atoms with Crippen LogP contribution in [0, 0.1) is 5.82 Å². The van der Waals surface area contributed by atoms with Gasteiger partial charge >= 0.3 is 0 Å². The van der Waals surface area contributed by atoms with Gasteiger partial charge in [-0.25, -0.2) is 4.39 Å². The predicted molar refractivity (Wildman–Crippen MR) is 112 cm³/mol. The van der Waals surface area contributed by atoms with E-state index in [0.717, 1.165) is 11.3 Å². The molecule has 1 unspecified atom stereocenters. The number of ether oxygens (including phenoxy) is 1. The van der Waals surface area contributed by atoms with E-state index >= 15 is 0 Å². The number of benzene rings is 3. The highest BCUT2D eigenvalue weighted by atomic mass is 19.1. The van der Waals surface area contributed by atoms with E-state index in [1.54, 1.807) is 29.2 Å². The highest BCUT2D eigenvalue weighted by molar-refractivity contribution is 5.96. The van der Waals surface area contributed by atoms with E-state index in [9.17, 15) is 9.18 Å². The standard InChI is InChI=1S/C24H18FN3O3/c25-18-8-12-21(13-9-18)30-20-10-6-16(7-11-20)23-26-24(31-27-23)17-14-22(29)28(15-17)19-4-2-1-3-5-19/h1-13,17H,14-15H2. The Morgan fingerprint density at radius 2 is 1.61 bits per heavy atom. The second-order valence-corrected chi connectivity index (χ2v) is 7.28. The van der Waals surface area contributed by atoms with Gasteiger partial charge in [-0.2, -0.15) is 4.98 Å². The number of carbonyl (C=O) groups is 1. The molecular formula is C24H18FN3O3. The Morgan fingerprint density at radius 3 is 2.32 bits per heavy atom. The van der Waals surface area contributed by atoms with Crippen molar-refractivity contribution in [3.63, 3.8) is 0 Å². The molecule has 4 aromatic rings. The first kappa shape index (κ1) is 19.0. The third-order valence-electron chi connectivity index (χ3n) is 5.15. The molecule has 1 saturated heterocycles. The van der Waals surface area contributed by atoms with Crippen LogP contribution in [0.4, 0.5) is 10.1 Å². The Labute approximate surface area is 177 Å². The molecule has 5 rings (SSSR count). The van der Waals surface area contributed by atoms with Crippen LogP contribution < -0.4 is 9.64 Å². The monoisotopic (exact) mass is 415 g/mol. The zero-order chi connectivity index (χ0) is 21.2. The van der Waals surface area contributed by atoms with Crippen molar-refractivity contribution in [2.24, 2.45) is 0 Å². The molecule has 0 aliphatic carbocycles. The lowest BCUT2D eigenvalue weighted by Gasteiger charge is -2.15. The van der Waals surface area contributed by atoms with Gasteiger partial charge in [0.25, 0.3) is 0 Å². The molecule has 6 nitrogen and oxygen atoms in total. The Bertz CT molecular complexity index is 1190. The Kier molecular flexibility index (Phi) is 4.92. The summed E-state index contributed by atoms with van der Waals surface area (Å²) in [6.45, 7) is 0.509. The molecule has 0 radical (unpaired) electrons. The fourth-order valence-electron chi connectivity index (χ4n) is 3.56. The van der Waals surface area contributed by atoms with E-state index < -0.39 is 0 Å². The SMILES string of the molecule is O=C1CC(c2nc(-c3ccc(Oc4ccc(F)cc4)cc3)no2)CN1c1ccccc1. The Hall–Kier alpha value is -4.00. The van der Waals surface area contributed by atoms with Gasteiger partial charge in [0.05, 0.1) is 5.92 Å². The third-order valence-corrected chi connectivity index (χ3v) is 5.15. The maximum Gasteiger partial charge on any atom is 0.232 e. The molecule has 1 amide bonds. The van der Waals surface area contributed by atoms with E-state index in [0.29, 0.717) is 36.2 Å². The summed E-state index contributed by atoms with van der Waals surface area (Å²) in [5.74, 6) is 1.64. The summed E-state index contributed by atoms with van der Waals surface area (Å²) >= 11 is 0. The normalized spacial score (nSPS) is 16.0. The zero-order valence-corrected chi connectivity index (χ0v) is 16.4. The van der Waals surface area contributed by atoms with Gasteiger partial charge in [-0.15, -0.1) is 0 Å². The van der Waals surface area contributed by atoms with E-state index in [1.165, 1.54) is 12.1 Å². The van der Waals surface area contributed by atoms with Crippen LogP contribution in [-0.2, 0) is 4.79 Å². The van der Waals surface area contributed by atoms with Crippen molar-refractivity contribution < 1.29 is 18.4 Å². The van der Waals surface area contributed by atoms with Crippen LogP contribution in [0.3, 0.4) is 0 Å². The molecule has 1 aliphatic rings. The largest absolute Gasteiger partial charge is 0.457 e. The molecule has 0 spiro atoms. The molecule has 3 aromatic carbocycles. The lowest BCUT2D eigenvalue weighted by atomic mass is 10.1. The minimum absolute atomic E-state index is 0.0400. The summed E-state index contributed by atoms with van der Waals surface area (Å²) in [5, 5.41) is 4.08. The van der Waals surface area contributed by atoms with Gasteiger partial charge in [0.15, 0.2) is 0 Å². The number of para-hydroxylation sites is 1. The van der Waals surface area contributed by atoms with Gasteiger partial charge in [0.2, 0.25) is 17.6 Å². The lowest BCUT2D eigenvalue weighted by molar-refractivity contribution is -0.117. The molecule has 0 N–H and O–H groups in total. The van der Waals surface area contributed by atoms with Crippen LogP contribution >= 0.6 is 0 Å². The van der Waals surface area contributed by atoms with Crippen LogP contribution in [0.15, 0.2) is 83.4 Å². The maximum atomic E-state index is 13.0. The van der Waals surface area contributed by atoms with Crippen LogP contribution in [-0.4, -0.2) is 22.6 Å². The second kappa shape index (κ2) is 8.02. The first-order valence-electron chi connectivity index (χ1n) is 9.88. The van der Waals surface area contributed by atoms with Gasteiger partial charge < -0.3 is 14.2 Å². The topological polar surface area (TPSA) is 68.5 Å². The quantitative estimate of drug-likeness (QED) is 0.449. The van der Waals surface area contributed by atoms with Crippen molar-refractivity contribution in [1.82, 2.24) is 10.1 Å². The average Bonchev–Trinajstić information content (AvgIpc) is 3.44. The molecule has 1 aliphatic heterocycles. The van der Waals surface area contributed by atoms with Crippen molar-refractivity contribution in [3.05, 3.63) is 90.6 Å². The summed E-state index contributed by atoms with van der Waals surface area (Å²) in [6.07, 6.45) is 0.334. The third kappa shape index (κ3) is 4.02. The van der Waals surface area contributed by atoms with E-state index in [4.69, 9.17) is 9.26 Å². The average molecular weight is 415 g/mol. The number of rotatable bonds is 5. The zero-order valence-electron chi connectivity index (χ0n) is 16.4. The number of nitrogens with zero attached hydrogens (tertiary/aromatic N) is 3. The summed E-state index contributed by atoms with van der Waals surface area (Å²) in [4.78, 5) is 18.7. The lowest BCUT2D eigenvalue weighted by Crippen LogP contribution is -2.24. The number of hydrogen-bond acceptors (Lipinski definition) is 5. The fourth-order valence-corrected chi connectivity index (χ4v) is 3.56. The van der Waals surface area contributed by atoms with Gasteiger partial charge in [0, 0.05) is 24.2 Å². The summed E-state index contributed by atoms with van der Waals surface area (Å²) < 4.78 is 24.2. The van der Waals surface area contributed by atoms with Crippen molar-refractivity contribution in [2.75, 3.05) is 11.4 Å². The number of aromatic nitrogens is 2. The summed E-state index contributed by atoms with van der Waals surface area (Å²) in [7, 11) is 0. The molecule has 1 aromatic heterocycles. The second-order valence-electron chi connectivity index (χ2n) is 7.28. The molecule has 0 saturated carbocycles. The highest BCUT2D eigenvalue weighted by Gasteiger charge is 2.35. The highest BCUT2D eigenvalue weighted by Crippen LogP contribution is 2.32.